The van der Waals surface area contributed by atoms with Crippen LogP contribution in [0.3, 0.4) is 0 Å². The fourth-order valence-corrected chi connectivity index (χ4v) is 1.69. The van der Waals surface area contributed by atoms with Gasteiger partial charge in [0.2, 0.25) is 0 Å². The predicted octanol–water partition coefficient (Wildman–Crippen LogP) is 4.11. The molecule has 2 N–H and O–H groups in total. The summed E-state index contributed by atoms with van der Waals surface area (Å²) in [4.78, 5) is 0. The van der Waals surface area contributed by atoms with Gasteiger partial charge in [-0.25, -0.2) is 8.78 Å². The van der Waals surface area contributed by atoms with Crippen LogP contribution in [0.2, 0.25) is 0 Å². The van der Waals surface area contributed by atoms with Gasteiger partial charge < -0.3 is 10.5 Å². The summed E-state index contributed by atoms with van der Waals surface area (Å²) in [7, 11) is 0. The van der Waals surface area contributed by atoms with E-state index in [2.05, 4.69) is 4.74 Å². The van der Waals surface area contributed by atoms with Crippen LogP contribution in [-0.4, -0.2) is 6.36 Å². The molecular weight excluding hydrogens is 281 g/mol. The van der Waals surface area contributed by atoms with Gasteiger partial charge in [-0.3, -0.25) is 0 Å². The van der Waals surface area contributed by atoms with E-state index in [4.69, 9.17) is 5.73 Å². The van der Waals surface area contributed by atoms with Gasteiger partial charge in [-0.05, 0) is 42.0 Å². The van der Waals surface area contributed by atoms with E-state index in [-0.39, 0.29) is 16.8 Å². The Hall–Kier alpha value is -2.31. The summed E-state index contributed by atoms with van der Waals surface area (Å²) in [5.74, 6) is -2.14. The molecule has 2 aromatic rings. The molecule has 0 spiro atoms. The fraction of sp³-hybridized carbons (Fsp3) is 0.0769. The second-order valence-electron chi connectivity index (χ2n) is 3.96. The third-order valence-electron chi connectivity index (χ3n) is 2.40. The summed E-state index contributed by atoms with van der Waals surface area (Å²) in [6.45, 7) is 0. The first-order valence-electron chi connectivity index (χ1n) is 5.36. The van der Waals surface area contributed by atoms with Crippen LogP contribution in [0.1, 0.15) is 0 Å². The molecule has 0 atom stereocenters. The zero-order valence-corrected chi connectivity index (χ0v) is 9.84. The van der Waals surface area contributed by atoms with Gasteiger partial charge >= 0.3 is 6.36 Å². The molecule has 20 heavy (non-hydrogen) atoms. The lowest BCUT2D eigenvalue weighted by molar-refractivity contribution is -0.274. The highest BCUT2D eigenvalue weighted by Gasteiger charge is 2.31. The van der Waals surface area contributed by atoms with Crippen LogP contribution in [0.25, 0.3) is 11.1 Å². The smallest absolute Gasteiger partial charge is 0.406 e. The Kier molecular flexibility index (Phi) is 3.52. The first kappa shape index (κ1) is 14.1. The zero-order chi connectivity index (χ0) is 14.9. The Morgan fingerprint density at radius 3 is 2.25 bits per heavy atom. The molecule has 0 saturated carbocycles. The van der Waals surface area contributed by atoms with Gasteiger partial charge in [0.05, 0.1) is 0 Å². The van der Waals surface area contributed by atoms with E-state index in [1.807, 2.05) is 0 Å². The maximum atomic E-state index is 13.7. The second-order valence-corrected chi connectivity index (χ2v) is 3.96. The average Bonchev–Trinajstić information content (AvgIpc) is 2.28. The van der Waals surface area contributed by atoms with E-state index in [9.17, 15) is 22.0 Å². The van der Waals surface area contributed by atoms with Gasteiger partial charge in [-0.15, -0.1) is 13.2 Å². The van der Waals surface area contributed by atoms with Crippen LogP contribution in [0.4, 0.5) is 27.6 Å². The van der Waals surface area contributed by atoms with Crippen molar-refractivity contribution in [3.8, 4) is 16.9 Å². The lowest BCUT2D eigenvalue weighted by Gasteiger charge is -2.11. The minimum atomic E-state index is -4.89. The van der Waals surface area contributed by atoms with Crippen molar-refractivity contribution in [2.24, 2.45) is 0 Å². The monoisotopic (exact) mass is 289 g/mol. The highest BCUT2D eigenvalue weighted by molar-refractivity contribution is 5.69. The second kappa shape index (κ2) is 4.99. The molecule has 0 amide bonds. The molecule has 0 aromatic heterocycles. The summed E-state index contributed by atoms with van der Waals surface area (Å²) in [6.07, 6.45) is -4.89. The maximum absolute atomic E-state index is 13.7. The fourth-order valence-electron chi connectivity index (χ4n) is 1.69. The van der Waals surface area contributed by atoms with Crippen molar-refractivity contribution < 1.29 is 26.7 Å². The Bertz CT molecular complexity index is 619. The van der Waals surface area contributed by atoms with Gasteiger partial charge in [-0.2, -0.15) is 0 Å². The number of benzene rings is 2. The molecule has 7 heteroatoms. The first-order chi connectivity index (χ1) is 9.24. The molecule has 0 aliphatic rings. The zero-order valence-electron chi connectivity index (χ0n) is 9.84. The van der Waals surface area contributed by atoms with E-state index < -0.39 is 23.7 Å². The SMILES string of the molecule is Nc1cc(F)cc(-c2cc(OC(F)(F)F)ccc2F)c1. The molecule has 2 nitrogen and oxygen atoms in total. The van der Waals surface area contributed by atoms with Crippen molar-refractivity contribution in [1.82, 2.24) is 0 Å². The normalized spacial score (nSPS) is 11.4. The van der Waals surface area contributed by atoms with Crippen LogP contribution in [-0.2, 0) is 0 Å². The molecule has 2 rings (SSSR count). The number of ether oxygens (including phenoxy) is 1. The Labute approximate surface area is 110 Å². The minimum absolute atomic E-state index is 0.0209. The van der Waals surface area contributed by atoms with Crippen LogP contribution in [0, 0.1) is 11.6 Å². The molecule has 2 aromatic carbocycles. The number of rotatable bonds is 2. The third kappa shape index (κ3) is 3.37. The van der Waals surface area contributed by atoms with Crippen LogP contribution in [0.5, 0.6) is 5.75 Å². The summed E-state index contributed by atoms with van der Waals surface area (Å²) >= 11 is 0. The lowest BCUT2D eigenvalue weighted by Crippen LogP contribution is -2.17. The van der Waals surface area contributed by atoms with Gasteiger partial charge in [-0.1, -0.05) is 0 Å². The van der Waals surface area contributed by atoms with Crippen molar-refractivity contribution in [2.75, 3.05) is 5.73 Å². The molecule has 0 heterocycles. The molecule has 0 fully saturated rings. The van der Waals surface area contributed by atoms with Crippen molar-refractivity contribution in [2.45, 2.75) is 6.36 Å². The quantitative estimate of drug-likeness (QED) is 0.667. The van der Waals surface area contributed by atoms with E-state index >= 15 is 0 Å². The number of halogens is 5. The van der Waals surface area contributed by atoms with Crippen molar-refractivity contribution in [3.05, 3.63) is 48.0 Å². The Morgan fingerprint density at radius 2 is 1.65 bits per heavy atom. The van der Waals surface area contributed by atoms with E-state index in [0.29, 0.717) is 0 Å². The molecule has 0 bridgehead atoms. The number of anilines is 1. The third-order valence-corrected chi connectivity index (χ3v) is 2.40. The molecule has 0 unspecified atom stereocenters. The number of alkyl halides is 3. The van der Waals surface area contributed by atoms with Gasteiger partial charge in [0.1, 0.15) is 17.4 Å². The van der Waals surface area contributed by atoms with Gasteiger partial charge in [0.25, 0.3) is 0 Å². The van der Waals surface area contributed by atoms with E-state index in [0.717, 1.165) is 30.3 Å². The van der Waals surface area contributed by atoms with E-state index in [1.165, 1.54) is 6.07 Å². The summed E-state index contributed by atoms with van der Waals surface area (Å²) < 4.78 is 66.9. The molecule has 106 valence electrons. The summed E-state index contributed by atoms with van der Waals surface area (Å²) in [5.41, 5.74) is 5.23. The standard InChI is InChI=1S/C13H8F5NO/c14-8-3-7(4-9(19)5-8)11-6-10(1-2-12(11)15)20-13(16,17)18/h1-6H,19H2. The molecule has 0 aliphatic heterocycles. The highest BCUT2D eigenvalue weighted by atomic mass is 19.4. The van der Waals surface area contributed by atoms with Crippen molar-refractivity contribution in [3.63, 3.8) is 0 Å². The largest absolute Gasteiger partial charge is 0.573 e. The number of hydrogen-bond acceptors (Lipinski definition) is 2. The topological polar surface area (TPSA) is 35.2 Å². The average molecular weight is 289 g/mol. The lowest BCUT2D eigenvalue weighted by atomic mass is 10.0. The van der Waals surface area contributed by atoms with Gasteiger partial charge in [0, 0.05) is 11.3 Å². The molecule has 0 radical (unpaired) electrons. The number of nitrogen functional groups attached to an aromatic ring is 1. The molecule has 0 saturated heterocycles. The Morgan fingerprint density at radius 1 is 0.950 bits per heavy atom. The number of nitrogens with two attached hydrogens (primary N) is 1. The van der Waals surface area contributed by atoms with Crippen molar-refractivity contribution in [1.29, 1.82) is 0 Å². The highest BCUT2D eigenvalue weighted by Crippen LogP contribution is 2.31. The Balaban J connectivity index is 2.47. The maximum Gasteiger partial charge on any atom is 0.573 e. The van der Waals surface area contributed by atoms with Crippen LogP contribution >= 0.6 is 0 Å². The molecule has 0 aliphatic carbocycles. The minimum Gasteiger partial charge on any atom is -0.406 e. The summed E-state index contributed by atoms with van der Waals surface area (Å²) in [6, 6.07) is 5.69. The van der Waals surface area contributed by atoms with Gasteiger partial charge in [0.15, 0.2) is 0 Å². The van der Waals surface area contributed by atoms with Crippen molar-refractivity contribution >= 4 is 5.69 Å². The predicted molar refractivity (Wildman–Crippen MR) is 62.9 cm³/mol. The van der Waals surface area contributed by atoms with Crippen LogP contribution < -0.4 is 10.5 Å². The number of hydrogen-bond donors (Lipinski definition) is 1. The summed E-state index contributed by atoms with van der Waals surface area (Å²) in [5, 5.41) is 0. The van der Waals surface area contributed by atoms with Crippen LogP contribution in [0.15, 0.2) is 36.4 Å². The molecular formula is C13H8F5NO. The van der Waals surface area contributed by atoms with E-state index in [1.54, 1.807) is 0 Å². The first-order valence-corrected chi connectivity index (χ1v) is 5.36.